The molecule has 0 saturated carbocycles. The molecule has 6 N–H and O–H groups in total. The number of nitrogens with zero attached hydrogens (tertiary/aromatic N) is 2. The first-order valence-electron chi connectivity index (χ1n) is 25.8. The van der Waals surface area contributed by atoms with E-state index in [0.717, 1.165) is 75.0 Å². The number of epoxide rings is 1. The molecule has 1 aromatic heterocycles. The minimum absolute atomic E-state index is 0.0336. The van der Waals surface area contributed by atoms with Crippen molar-refractivity contribution in [1.29, 1.82) is 0 Å². The molecule has 3 rings (SSSR count). The maximum Gasteiger partial charge on any atom is 0.481 e. The van der Waals surface area contributed by atoms with Crippen molar-refractivity contribution < 1.29 is 71.0 Å². The van der Waals surface area contributed by atoms with Gasteiger partial charge in [0.25, 0.3) is 0 Å². The largest absolute Gasteiger partial charge is 0.481 e. The molecule has 19 nitrogen and oxygen atoms in total. The molecule has 0 aliphatic carbocycles. The lowest BCUT2D eigenvalue weighted by Gasteiger charge is -2.21. The van der Waals surface area contributed by atoms with E-state index in [9.17, 15) is 43.5 Å². The highest BCUT2D eigenvalue weighted by Gasteiger charge is 2.46. The smallest absolute Gasteiger partial charge is 0.462 e. The number of ether oxygens (including phenoxy) is 4. The fraction of sp³-hybridized carbons (Fsp3) is 0.720. The molecule has 3 heterocycles. The number of rotatable bonds is 41. The van der Waals surface area contributed by atoms with Crippen molar-refractivity contribution in [1.82, 2.24) is 9.55 Å². The van der Waals surface area contributed by atoms with Crippen LogP contribution in [0, 0.1) is 0 Å². The topological polar surface area (TPSA) is 278 Å². The Kier molecular flexibility index (Phi) is 31.2. The standard InChI is InChI=1S/C50H83N3O16P2/c1-3-5-7-9-11-12-13-14-15-16-17-18-21-25-29-33-45(54)63-37-40(66-46(55)34-30-26-22-19-20-24-28-32-42-41(67-42)31-27-23-10-8-6-4-2)38-64-70(59,60)69-71(61,62)65-39-43-47(56)48(57)49(68-43)53-36-35-44(51)52-50(53)58/h14-15,19,22-24,27-28,35-36,40-43,47-49,56-57H,3-13,16-18,20-21,25-26,29-34,37-39H2,1-2H3,(H,59,60)(H,61,62)(H2,51,52,58)/b15-14-,22-19-,27-23-,28-24-/t40-,41?,42?,43-,47-,48-,49-/m1/s1. The van der Waals surface area contributed by atoms with Crippen molar-refractivity contribution in [3.8, 4) is 0 Å². The predicted octanol–water partition coefficient (Wildman–Crippen LogP) is 9.54. The van der Waals surface area contributed by atoms with E-state index in [1.54, 1.807) is 0 Å². The van der Waals surface area contributed by atoms with Gasteiger partial charge >= 0.3 is 33.3 Å². The van der Waals surface area contributed by atoms with Gasteiger partial charge in [0.1, 0.15) is 30.7 Å². The molecule has 0 bridgehead atoms. The van der Waals surface area contributed by atoms with E-state index >= 15 is 0 Å². The van der Waals surface area contributed by atoms with Crippen molar-refractivity contribution in [2.45, 2.75) is 211 Å². The highest BCUT2D eigenvalue weighted by Crippen LogP contribution is 2.60. The summed E-state index contributed by atoms with van der Waals surface area (Å²) in [5.74, 6) is -1.38. The first kappa shape index (κ1) is 62.0. The molecular formula is C50H83N3O16P2. The first-order valence-corrected chi connectivity index (χ1v) is 28.8. The van der Waals surface area contributed by atoms with Crippen LogP contribution >= 0.6 is 15.6 Å². The number of esters is 2. The SMILES string of the molecule is CCCCC/C=C\CC1OC1C/C=C\C/C=C\CCCC(=O)O[C@H](COC(=O)CCCCCCC/C=C\CCCCCCCC)COP(=O)(O)OP(=O)(O)OC[C@H]1O[C@@H](n2ccc(N)nc2=O)[C@H](O)[C@@H]1O. The number of carbonyl (C=O) groups is 2. The summed E-state index contributed by atoms with van der Waals surface area (Å²) in [6.45, 7) is 2.05. The van der Waals surface area contributed by atoms with Crippen LogP contribution in [0.1, 0.15) is 174 Å². The molecule has 0 amide bonds. The molecule has 2 aliphatic rings. The van der Waals surface area contributed by atoms with Crippen molar-refractivity contribution in [3.05, 3.63) is 71.4 Å². The van der Waals surface area contributed by atoms with Gasteiger partial charge < -0.3 is 44.7 Å². The van der Waals surface area contributed by atoms with Gasteiger partial charge in [-0.15, -0.1) is 0 Å². The number of anilines is 1. The number of unbranched alkanes of at least 4 members (excludes halogenated alkanes) is 15. The summed E-state index contributed by atoms with van der Waals surface area (Å²) < 4.78 is 62.5. The second-order valence-electron chi connectivity index (χ2n) is 18.1. The Morgan fingerprint density at radius 1 is 0.690 bits per heavy atom. The van der Waals surface area contributed by atoms with Crippen molar-refractivity contribution in [3.63, 3.8) is 0 Å². The molecular weight excluding hydrogens is 961 g/mol. The van der Waals surface area contributed by atoms with E-state index in [0.29, 0.717) is 25.4 Å². The summed E-state index contributed by atoms with van der Waals surface area (Å²) in [5, 5.41) is 20.9. The molecule has 0 aromatic carbocycles. The molecule has 2 fully saturated rings. The molecule has 0 radical (unpaired) electrons. The van der Waals surface area contributed by atoms with E-state index in [1.807, 2.05) is 12.2 Å². The molecule has 21 heteroatoms. The Balaban J connectivity index is 1.42. The number of hydrogen-bond acceptors (Lipinski definition) is 16. The Labute approximate surface area is 420 Å². The van der Waals surface area contributed by atoms with Gasteiger partial charge in [-0.3, -0.25) is 23.2 Å². The number of nitrogens with two attached hydrogens (primary N) is 1. The highest BCUT2D eigenvalue weighted by atomic mass is 31.3. The van der Waals surface area contributed by atoms with Gasteiger partial charge in [0.15, 0.2) is 12.3 Å². The lowest BCUT2D eigenvalue weighted by molar-refractivity contribution is -0.161. The van der Waals surface area contributed by atoms with Crippen molar-refractivity contribution in [2.75, 3.05) is 25.6 Å². The number of phosphoric ester groups is 2. The number of allylic oxidation sites excluding steroid dienone is 6. The Hall–Kier alpha value is -3.32. The third-order valence-corrected chi connectivity index (χ3v) is 14.4. The quantitative estimate of drug-likeness (QED) is 0.0134. The number of aromatic nitrogens is 2. The van der Waals surface area contributed by atoms with Gasteiger partial charge in [0.05, 0.1) is 25.4 Å². The third-order valence-electron chi connectivity index (χ3n) is 11.8. The number of phosphoric acid groups is 2. The van der Waals surface area contributed by atoms with Crippen LogP contribution in [0.3, 0.4) is 0 Å². The Morgan fingerprint density at radius 2 is 1.23 bits per heavy atom. The van der Waals surface area contributed by atoms with Crippen LogP contribution < -0.4 is 11.4 Å². The van der Waals surface area contributed by atoms with Gasteiger partial charge in [-0.25, -0.2) is 13.9 Å². The number of hydrogen-bond donors (Lipinski definition) is 5. The van der Waals surface area contributed by atoms with E-state index in [1.165, 1.54) is 63.9 Å². The number of carbonyl (C=O) groups excluding carboxylic acids is 2. The zero-order valence-electron chi connectivity index (χ0n) is 42.0. The predicted molar refractivity (Wildman–Crippen MR) is 270 cm³/mol. The normalized spacial score (nSPS) is 22.4. The second-order valence-corrected chi connectivity index (χ2v) is 21.1. The Bertz CT molecular complexity index is 1950. The summed E-state index contributed by atoms with van der Waals surface area (Å²) in [6, 6.07) is 1.24. The molecule has 0 spiro atoms. The summed E-state index contributed by atoms with van der Waals surface area (Å²) in [7, 11) is -10.9. The van der Waals surface area contributed by atoms with Gasteiger partial charge in [0.2, 0.25) is 0 Å². The minimum atomic E-state index is -5.44. The zero-order valence-corrected chi connectivity index (χ0v) is 43.7. The monoisotopic (exact) mass is 1040 g/mol. The van der Waals surface area contributed by atoms with E-state index < -0.39 is 83.7 Å². The number of aliphatic hydroxyl groups excluding tert-OH is 2. The second kappa shape index (κ2) is 35.8. The minimum Gasteiger partial charge on any atom is -0.462 e. The lowest BCUT2D eigenvalue weighted by atomic mass is 10.1. The van der Waals surface area contributed by atoms with Crippen LogP contribution in [-0.4, -0.2) is 97.9 Å². The number of nitrogen functional groups attached to an aromatic ring is 1. The summed E-state index contributed by atoms with van der Waals surface area (Å²) in [5.41, 5.74) is 4.58. The van der Waals surface area contributed by atoms with Gasteiger partial charge in [0, 0.05) is 19.0 Å². The molecule has 9 atom stereocenters. The lowest BCUT2D eigenvalue weighted by Crippen LogP contribution is -2.36. The first-order chi connectivity index (χ1) is 34.1. The van der Waals surface area contributed by atoms with Crippen LogP contribution in [-0.2, 0) is 51.0 Å². The number of aliphatic hydroxyl groups is 2. The van der Waals surface area contributed by atoms with E-state index in [-0.39, 0.29) is 24.8 Å². The van der Waals surface area contributed by atoms with Gasteiger partial charge in [-0.2, -0.15) is 9.29 Å². The zero-order chi connectivity index (χ0) is 51.7. The highest BCUT2D eigenvalue weighted by molar-refractivity contribution is 7.61. The molecule has 404 valence electrons. The van der Waals surface area contributed by atoms with Crippen LogP contribution in [0.5, 0.6) is 0 Å². The maximum absolute atomic E-state index is 12.9. The van der Waals surface area contributed by atoms with E-state index in [2.05, 4.69) is 59.6 Å². The van der Waals surface area contributed by atoms with Crippen LogP contribution in [0.4, 0.5) is 5.82 Å². The summed E-state index contributed by atoms with van der Waals surface area (Å²) >= 11 is 0. The summed E-state index contributed by atoms with van der Waals surface area (Å²) in [6.07, 6.45) is 33.7. The average Bonchev–Trinajstić information content (AvgIpc) is 4.02. The molecule has 71 heavy (non-hydrogen) atoms. The molecule has 1 aromatic rings. The van der Waals surface area contributed by atoms with Crippen LogP contribution in [0.25, 0.3) is 0 Å². The fourth-order valence-corrected chi connectivity index (χ4v) is 9.75. The fourth-order valence-electron chi connectivity index (χ4n) is 7.64. The summed E-state index contributed by atoms with van der Waals surface area (Å²) in [4.78, 5) is 61.9. The molecule has 2 aliphatic heterocycles. The van der Waals surface area contributed by atoms with E-state index in [4.69, 9.17) is 33.7 Å². The van der Waals surface area contributed by atoms with Crippen molar-refractivity contribution >= 4 is 33.4 Å². The van der Waals surface area contributed by atoms with Gasteiger partial charge in [-0.1, -0.05) is 127 Å². The van der Waals surface area contributed by atoms with Gasteiger partial charge in [-0.05, 0) is 83.1 Å². The Morgan fingerprint density at radius 3 is 1.90 bits per heavy atom. The van der Waals surface area contributed by atoms with Crippen molar-refractivity contribution in [2.24, 2.45) is 0 Å². The molecule has 4 unspecified atom stereocenters. The van der Waals surface area contributed by atoms with Crippen LogP contribution in [0.15, 0.2) is 65.7 Å². The third kappa shape index (κ3) is 28.1. The molecule has 2 saturated heterocycles. The average molecular weight is 1040 g/mol. The maximum atomic E-state index is 12.9. The van der Waals surface area contributed by atoms with Crippen LogP contribution in [0.2, 0.25) is 0 Å².